The second-order valence-corrected chi connectivity index (χ2v) is 8.67. The number of imide groups is 1. The van der Waals surface area contributed by atoms with Gasteiger partial charge in [-0.05, 0) is 32.3 Å². The maximum absolute atomic E-state index is 12.4. The van der Waals surface area contributed by atoms with Gasteiger partial charge in [-0.2, -0.15) is 0 Å². The van der Waals surface area contributed by atoms with Crippen LogP contribution in [0.5, 0.6) is 0 Å². The molecule has 1 aliphatic carbocycles. The molecule has 1 saturated carbocycles. The summed E-state index contributed by atoms with van der Waals surface area (Å²) in [6.07, 6.45) is 3.11. The fourth-order valence-corrected chi connectivity index (χ4v) is 5.00. The summed E-state index contributed by atoms with van der Waals surface area (Å²) in [5, 5.41) is 2.86. The lowest BCUT2D eigenvalue weighted by atomic mass is 9.81. The Kier molecular flexibility index (Phi) is 6.55. The van der Waals surface area contributed by atoms with Crippen molar-refractivity contribution in [1.82, 2.24) is 4.90 Å². The number of thiophene rings is 1. The quantitative estimate of drug-likeness (QED) is 0.533. The zero-order valence-corrected chi connectivity index (χ0v) is 17.9. The highest BCUT2D eigenvalue weighted by molar-refractivity contribution is 7.16. The molecule has 0 spiro atoms. The summed E-state index contributed by atoms with van der Waals surface area (Å²) in [5.74, 6) is -3.40. The first-order valence-corrected chi connectivity index (χ1v) is 10.5. The highest BCUT2D eigenvalue weighted by atomic mass is 32.1. The largest absolute Gasteiger partial charge is 0.465 e. The molecule has 2 aliphatic rings. The molecule has 1 aliphatic heterocycles. The Balaban J connectivity index is 1.55. The van der Waals surface area contributed by atoms with E-state index >= 15 is 0 Å². The number of ether oxygens (including phenoxy) is 2. The van der Waals surface area contributed by atoms with Crippen molar-refractivity contribution in [2.24, 2.45) is 11.8 Å². The Morgan fingerprint density at radius 1 is 1.10 bits per heavy atom. The number of aryl methyl sites for hydroxylation is 1. The molecule has 2 unspecified atom stereocenters. The van der Waals surface area contributed by atoms with E-state index in [9.17, 15) is 24.0 Å². The van der Waals surface area contributed by atoms with Crippen LogP contribution < -0.4 is 5.32 Å². The summed E-state index contributed by atoms with van der Waals surface area (Å²) in [6, 6.07) is 0. The Bertz CT molecular complexity index is 883. The number of fused-ring (bicyclic) bond motifs is 1. The molecule has 3 amide bonds. The van der Waals surface area contributed by atoms with Crippen LogP contribution in [-0.4, -0.2) is 54.8 Å². The van der Waals surface area contributed by atoms with Crippen LogP contribution >= 0.6 is 11.3 Å². The molecule has 2 atom stereocenters. The molecule has 0 bridgehead atoms. The first-order valence-electron chi connectivity index (χ1n) is 9.73. The van der Waals surface area contributed by atoms with E-state index in [-0.39, 0.29) is 29.2 Å². The lowest BCUT2D eigenvalue weighted by molar-refractivity contribution is -0.154. The average molecular weight is 436 g/mol. The number of anilines is 1. The van der Waals surface area contributed by atoms with Crippen molar-refractivity contribution in [2.75, 3.05) is 25.6 Å². The summed E-state index contributed by atoms with van der Waals surface area (Å²) >= 11 is 1.21. The Morgan fingerprint density at radius 2 is 1.70 bits per heavy atom. The van der Waals surface area contributed by atoms with E-state index in [1.807, 2.05) is 6.92 Å². The van der Waals surface area contributed by atoms with Gasteiger partial charge in [-0.3, -0.25) is 24.1 Å². The summed E-state index contributed by atoms with van der Waals surface area (Å²) in [5.41, 5.74) is 0.960. The molecule has 10 heteroatoms. The van der Waals surface area contributed by atoms with Gasteiger partial charge in [-0.1, -0.05) is 12.8 Å². The predicted molar refractivity (Wildman–Crippen MR) is 107 cm³/mol. The van der Waals surface area contributed by atoms with E-state index < -0.39 is 31.0 Å². The van der Waals surface area contributed by atoms with Crippen LogP contribution in [0.3, 0.4) is 0 Å². The van der Waals surface area contributed by atoms with E-state index in [0.717, 1.165) is 22.6 Å². The fraction of sp³-hybridized carbons (Fsp3) is 0.550. The number of hydrogen-bond acceptors (Lipinski definition) is 8. The lowest BCUT2D eigenvalue weighted by Crippen LogP contribution is -2.37. The summed E-state index contributed by atoms with van der Waals surface area (Å²) in [6.45, 7) is 2.46. The first kappa shape index (κ1) is 21.9. The normalized spacial score (nSPS) is 20.7. The Morgan fingerprint density at radius 3 is 2.27 bits per heavy atom. The van der Waals surface area contributed by atoms with Crippen molar-refractivity contribution < 1.29 is 33.4 Å². The van der Waals surface area contributed by atoms with Gasteiger partial charge in [-0.25, -0.2) is 4.79 Å². The molecule has 0 aromatic carbocycles. The number of methoxy groups -OCH3 is 1. The van der Waals surface area contributed by atoms with Crippen LogP contribution in [0.4, 0.5) is 5.00 Å². The number of esters is 2. The van der Waals surface area contributed by atoms with E-state index in [1.54, 1.807) is 6.92 Å². The highest BCUT2D eigenvalue weighted by Gasteiger charge is 2.48. The Labute approximate surface area is 177 Å². The third-order valence-electron chi connectivity index (χ3n) is 5.61. The van der Waals surface area contributed by atoms with Crippen LogP contribution in [0.25, 0.3) is 0 Å². The zero-order valence-electron chi connectivity index (χ0n) is 17.1. The maximum Gasteiger partial charge on any atom is 0.341 e. The van der Waals surface area contributed by atoms with Crippen molar-refractivity contribution in [3.8, 4) is 0 Å². The van der Waals surface area contributed by atoms with Gasteiger partial charge in [0.05, 0.1) is 24.5 Å². The van der Waals surface area contributed by atoms with Gasteiger partial charge in [0.25, 0.3) is 5.91 Å². The third kappa shape index (κ3) is 4.23. The van der Waals surface area contributed by atoms with Crippen LogP contribution in [-0.2, 0) is 28.7 Å². The van der Waals surface area contributed by atoms with E-state index in [0.29, 0.717) is 23.4 Å². The molecule has 2 fully saturated rings. The highest BCUT2D eigenvalue weighted by Crippen LogP contribution is 2.38. The van der Waals surface area contributed by atoms with Gasteiger partial charge in [0, 0.05) is 4.88 Å². The molecule has 0 radical (unpaired) electrons. The molecule has 9 nitrogen and oxygen atoms in total. The summed E-state index contributed by atoms with van der Waals surface area (Å²) in [7, 11) is 1.25. The summed E-state index contributed by atoms with van der Waals surface area (Å²) < 4.78 is 9.69. The number of nitrogens with one attached hydrogen (secondary N) is 1. The minimum atomic E-state index is -0.836. The van der Waals surface area contributed by atoms with Crippen LogP contribution in [0.2, 0.25) is 0 Å². The van der Waals surface area contributed by atoms with Gasteiger partial charge in [-0.15, -0.1) is 11.3 Å². The molecule has 30 heavy (non-hydrogen) atoms. The molecule has 1 aromatic heterocycles. The van der Waals surface area contributed by atoms with Gasteiger partial charge >= 0.3 is 11.9 Å². The van der Waals surface area contributed by atoms with Crippen molar-refractivity contribution in [1.29, 1.82) is 0 Å². The first-order chi connectivity index (χ1) is 14.2. The fourth-order valence-electron chi connectivity index (χ4n) is 3.93. The molecule has 3 rings (SSSR count). The molecule has 162 valence electrons. The van der Waals surface area contributed by atoms with Gasteiger partial charge in [0.1, 0.15) is 11.5 Å². The van der Waals surface area contributed by atoms with Crippen LogP contribution in [0, 0.1) is 25.7 Å². The third-order valence-corrected chi connectivity index (χ3v) is 6.73. The number of nitrogens with zero attached hydrogens (tertiary/aromatic N) is 1. The molecule has 2 heterocycles. The van der Waals surface area contributed by atoms with Crippen molar-refractivity contribution in [3.63, 3.8) is 0 Å². The Hall–Kier alpha value is -2.75. The zero-order chi connectivity index (χ0) is 22.0. The van der Waals surface area contributed by atoms with Gasteiger partial charge < -0.3 is 14.8 Å². The molecule has 1 N–H and O–H groups in total. The van der Waals surface area contributed by atoms with E-state index in [2.05, 4.69) is 5.32 Å². The molecule has 1 saturated heterocycles. The van der Waals surface area contributed by atoms with Crippen LogP contribution in [0.15, 0.2) is 0 Å². The number of amides is 3. The monoisotopic (exact) mass is 436 g/mol. The number of likely N-dealkylation sites (tertiary alicyclic amines) is 1. The predicted octanol–water partition coefficient (Wildman–Crippen LogP) is 1.81. The molecular formula is C20H24N2O7S. The number of rotatable bonds is 6. The SMILES string of the molecule is COC(=O)c1c(NC(=O)COC(=O)CN2C(=O)C3CCCCC3C2=O)sc(C)c1C. The molecular weight excluding hydrogens is 412 g/mol. The topological polar surface area (TPSA) is 119 Å². The minimum absolute atomic E-state index is 0.260. The number of hydrogen-bond donors (Lipinski definition) is 1. The van der Waals surface area contributed by atoms with Crippen molar-refractivity contribution >= 4 is 46.0 Å². The van der Waals surface area contributed by atoms with Crippen molar-refractivity contribution in [2.45, 2.75) is 39.5 Å². The lowest BCUT2D eigenvalue weighted by Gasteiger charge is -2.19. The second kappa shape index (κ2) is 8.95. The minimum Gasteiger partial charge on any atom is -0.465 e. The summed E-state index contributed by atoms with van der Waals surface area (Å²) in [4.78, 5) is 62.9. The maximum atomic E-state index is 12.4. The standard InChI is InChI=1S/C20H24N2O7S/c1-10-11(2)30-17(16(10)20(27)28-3)21-14(23)9-29-15(24)8-22-18(25)12-6-4-5-7-13(12)19(22)26/h12-13H,4-9H2,1-3H3,(H,21,23). The molecule has 1 aromatic rings. The van der Waals surface area contributed by atoms with Crippen LogP contribution in [0.1, 0.15) is 46.5 Å². The number of carbonyl (C=O) groups excluding carboxylic acids is 5. The van der Waals surface area contributed by atoms with Crippen molar-refractivity contribution in [3.05, 3.63) is 16.0 Å². The smallest absolute Gasteiger partial charge is 0.341 e. The second-order valence-electron chi connectivity index (χ2n) is 7.45. The van der Waals surface area contributed by atoms with E-state index in [1.165, 1.54) is 18.4 Å². The van der Waals surface area contributed by atoms with E-state index in [4.69, 9.17) is 9.47 Å². The van der Waals surface area contributed by atoms with Gasteiger partial charge in [0.15, 0.2) is 6.61 Å². The number of carbonyl (C=O) groups is 5. The average Bonchev–Trinajstić information content (AvgIpc) is 3.14. The van der Waals surface area contributed by atoms with Gasteiger partial charge in [0.2, 0.25) is 11.8 Å².